The highest BCUT2D eigenvalue weighted by Crippen LogP contribution is 2.49. The summed E-state index contributed by atoms with van der Waals surface area (Å²) < 4.78 is 11.9. The highest BCUT2D eigenvalue weighted by Gasteiger charge is 2.17. The number of hydrogen-bond acceptors (Lipinski definition) is 3. The number of rotatable bonds is 4. The Bertz CT molecular complexity index is 476. The van der Waals surface area contributed by atoms with Gasteiger partial charge in [-0.15, -0.1) is 11.6 Å². The summed E-state index contributed by atoms with van der Waals surface area (Å²) in [5.41, 5.74) is 1.03. The van der Waals surface area contributed by atoms with E-state index in [0.29, 0.717) is 5.96 Å². The molecule has 106 valence electrons. The number of alkyl halides is 1. The van der Waals surface area contributed by atoms with Crippen LogP contribution in [0.2, 0.25) is 0 Å². The van der Waals surface area contributed by atoms with Gasteiger partial charge in [-0.2, -0.15) is 0 Å². The Kier molecular flexibility index (Phi) is 6.32. The molecule has 0 amide bonds. The van der Waals surface area contributed by atoms with E-state index in [4.69, 9.17) is 11.6 Å². The third kappa shape index (κ3) is 5.62. The molecule has 5 nitrogen and oxygen atoms in total. The van der Waals surface area contributed by atoms with E-state index in [1.54, 1.807) is 20.4 Å². The first-order chi connectivity index (χ1) is 8.97. The van der Waals surface area contributed by atoms with Gasteiger partial charge in [0.1, 0.15) is 13.1 Å². The van der Waals surface area contributed by atoms with Crippen molar-refractivity contribution in [1.29, 1.82) is 0 Å². The first-order valence-corrected chi connectivity index (χ1v) is 9.11. The summed E-state index contributed by atoms with van der Waals surface area (Å²) in [6, 6.07) is 0.209. The Morgan fingerprint density at radius 1 is 1.47 bits per heavy atom. The first kappa shape index (κ1) is 16.0. The van der Waals surface area contributed by atoms with Crippen LogP contribution in [-0.4, -0.2) is 38.7 Å². The van der Waals surface area contributed by atoms with Crippen LogP contribution in [0.5, 0.6) is 0 Å². The lowest BCUT2D eigenvalue weighted by Crippen LogP contribution is -2.36. The summed E-state index contributed by atoms with van der Waals surface area (Å²) in [4.78, 5) is 7.90. The molecular weight excluding hydrogens is 283 g/mol. The maximum absolute atomic E-state index is 11.9. The molecule has 19 heavy (non-hydrogen) atoms. The fourth-order valence-corrected chi connectivity index (χ4v) is 2.78. The van der Waals surface area contributed by atoms with Crippen molar-refractivity contribution in [2.75, 3.05) is 26.4 Å². The van der Waals surface area contributed by atoms with Crippen LogP contribution in [-0.2, 0) is 4.57 Å². The number of aliphatic imine (C=N–C) groups is 2. The number of guanidine groups is 1. The lowest BCUT2D eigenvalue weighted by atomic mass is 10.1. The molecule has 0 aromatic rings. The summed E-state index contributed by atoms with van der Waals surface area (Å²) in [5, 5.41) is 7.11. The van der Waals surface area contributed by atoms with Gasteiger partial charge in [0.05, 0.1) is 6.34 Å². The standard InChI is InChI=1S/C12H20ClN4OP/c1-14-12(16-9-15-8-13)17-10-4-6-11(7-5-10)19(2,3)18/h4,6,9H,5,7-8H2,1-3H3,(H2,14,15,16,17). The molecule has 0 aliphatic heterocycles. The van der Waals surface area contributed by atoms with Crippen LogP contribution in [0, 0.1) is 0 Å². The van der Waals surface area contributed by atoms with Gasteiger partial charge in [0.15, 0.2) is 5.96 Å². The zero-order valence-electron chi connectivity index (χ0n) is 11.5. The van der Waals surface area contributed by atoms with Crippen LogP contribution in [0.25, 0.3) is 0 Å². The molecule has 1 rings (SSSR count). The van der Waals surface area contributed by atoms with Gasteiger partial charge in [-0.1, -0.05) is 6.08 Å². The smallest absolute Gasteiger partial charge is 0.200 e. The maximum Gasteiger partial charge on any atom is 0.200 e. The Morgan fingerprint density at radius 2 is 2.21 bits per heavy atom. The highest BCUT2D eigenvalue weighted by atomic mass is 35.5. The van der Waals surface area contributed by atoms with Crippen molar-refractivity contribution in [3.8, 4) is 0 Å². The van der Waals surface area contributed by atoms with Crippen molar-refractivity contribution < 1.29 is 4.57 Å². The van der Waals surface area contributed by atoms with Crippen molar-refractivity contribution in [1.82, 2.24) is 10.6 Å². The lowest BCUT2D eigenvalue weighted by Gasteiger charge is -2.19. The fourth-order valence-electron chi connectivity index (χ4n) is 1.63. The van der Waals surface area contributed by atoms with Crippen LogP contribution in [0.15, 0.2) is 33.1 Å². The van der Waals surface area contributed by atoms with Crippen molar-refractivity contribution in [2.24, 2.45) is 9.98 Å². The van der Waals surface area contributed by atoms with Crippen LogP contribution in [0.3, 0.4) is 0 Å². The van der Waals surface area contributed by atoms with Gasteiger partial charge >= 0.3 is 0 Å². The second kappa shape index (κ2) is 7.51. The van der Waals surface area contributed by atoms with E-state index < -0.39 is 7.14 Å². The zero-order chi connectivity index (χ0) is 14.3. The fraction of sp³-hybridized carbons (Fsp3) is 0.500. The maximum atomic E-state index is 11.9. The molecule has 1 aliphatic rings. The molecule has 0 radical (unpaired) electrons. The van der Waals surface area contributed by atoms with Crippen LogP contribution < -0.4 is 10.6 Å². The van der Waals surface area contributed by atoms with E-state index in [1.807, 2.05) is 12.2 Å². The average molecular weight is 303 g/mol. The van der Waals surface area contributed by atoms with Gasteiger partial charge in [-0.25, -0.2) is 0 Å². The molecule has 0 aromatic heterocycles. The topological polar surface area (TPSA) is 65.8 Å². The Balaban J connectivity index is 2.64. The third-order valence-electron chi connectivity index (χ3n) is 2.68. The van der Waals surface area contributed by atoms with Gasteiger partial charge in [0.25, 0.3) is 0 Å². The molecule has 0 spiro atoms. The Morgan fingerprint density at radius 3 is 2.68 bits per heavy atom. The van der Waals surface area contributed by atoms with Crippen LogP contribution >= 0.6 is 18.7 Å². The minimum absolute atomic E-state index is 0.209. The number of allylic oxidation sites excluding steroid dienone is 4. The lowest BCUT2D eigenvalue weighted by molar-refractivity contribution is 0.584. The molecule has 0 unspecified atom stereocenters. The summed E-state index contributed by atoms with van der Waals surface area (Å²) in [5.74, 6) is 0.605. The van der Waals surface area contributed by atoms with Gasteiger partial charge in [-0.05, 0) is 37.6 Å². The normalized spacial score (nSPS) is 17.2. The monoisotopic (exact) mass is 302 g/mol. The zero-order valence-corrected chi connectivity index (χ0v) is 13.1. The van der Waals surface area contributed by atoms with Crippen molar-refractivity contribution in [2.45, 2.75) is 12.8 Å². The molecule has 1 aliphatic carbocycles. The largest absolute Gasteiger partial charge is 0.330 e. The molecule has 0 saturated carbocycles. The molecule has 0 heterocycles. The summed E-state index contributed by atoms with van der Waals surface area (Å²) in [6.07, 6.45) is 7.02. The second-order valence-corrected chi connectivity index (χ2v) is 7.99. The Labute approximate surface area is 119 Å². The Hall–Kier alpha value is -1.06. The first-order valence-electron chi connectivity index (χ1n) is 5.97. The number of nitrogens with zero attached hydrogens (tertiary/aromatic N) is 2. The van der Waals surface area contributed by atoms with E-state index in [9.17, 15) is 4.57 Å². The molecule has 0 fully saturated rings. The van der Waals surface area contributed by atoms with Crippen molar-refractivity contribution in [3.63, 3.8) is 0 Å². The van der Waals surface area contributed by atoms with Gasteiger partial charge in [-0.3, -0.25) is 9.98 Å². The number of nitrogens with one attached hydrogen (secondary N) is 2. The van der Waals surface area contributed by atoms with E-state index in [1.165, 1.54) is 6.34 Å². The van der Waals surface area contributed by atoms with Gasteiger partial charge in [0, 0.05) is 12.7 Å². The molecular formula is C12H20ClN4OP. The molecule has 0 atom stereocenters. The average Bonchev–Trinajstić information content (AvgIpc) is 2.37. The molecule has 7 heteroatoms. The number of hydrogen-bond donors (Lipinski definition) is 2. The predicted octanol–water partition coefficient (Wildman–Crippen LogP) is 2.56. The summed E-state index contributed by atoms with van der Waals surface area (Å²) >= 11 is 5.43. The van der Waals surface area contributed by atoms with Gasteiger partial charge < -0.3 is 15.2 Å². The molecule has 0 saturated heterocycles. The number of halogens is 1. The molecule has 0 aromatic carbocycles. The minimum atomic E-state index is -2.12. The van der Waals surface area contributed by atoms with Crippen molar-refractivity contribution in [3.05, 3.63) is 23.2 Å². The quantitative estimate of drug-likeness (QED) is 0.276. The molecule has 0 bridgehead atoms. The van der Waals surface area contributed by atoms with Crippen molar-refractivity contribution >= 4 is 31.0 Å². The summed E-state index contributed by atoms with van der Waals surface area (Å²) in [7, 11) is -0.442. The van der Waals surface area contributed by atoms with Gasteiger partial charge in [0.2, 0.25) is 0 Å². The SMILES string of the molecule is CN=C(NC=NCCl)NC1=CC=C(P(C)(C)=O)CC1. The van der Waals surface area contributed by atoms with E-state index in [-0.39, 0.29) is 6.00 Å². The van der Waals surface area contributed by atoms with E-state index in [0.717, 1.165) is 23.9 Å². The predicted molar refractivity (Wildman–Crippen MR) is 83.7 cm³/mol. The molecule has 2 N–H and O–H groups in total. The summed E-state index contributed by atoms with van der Waals surface area (Å²) in [6.45, 7) is 3.60. The highest BCUT2D eigenvalue weighted by molar-refractivity contribution is 7.66. The van der Waals surface area contributed by atoms with Crippen LogP contribution in [0.1, 0.15) is 12.8 Å². The van der Waals surface area contributed by atoms with E-state index in [2.05, 4.69) is 20.6 Å². The van der Waals surface area contributed by atoms with E-state index >= 15 is 0 Å². The second-order valence-electron chi connectivity index (χ2n) is 4.47. The third-order valence-corrected chi connectivity index (χ3v) is 4.58. The van der Waals surface area contributed by atoms with Crippen LogP contribution in [0.4, 0.5) is 0 Å². The minimum Gasteiger partial charge on any atom is -0.330 e.